The normalized spacial score (nSPS) is 11.9. The van der Waals surface area contributed by atoms with Gasteiger partial charge in [0.15, 0.2) is 0 Å². The molecule has 2 aromatic rings. The lowest BCUT2D eigenvalue weighted by molar-refractivity contribution is -0.117. The van der Waals surface area contributed by atoms with Crippen molar-refractivity contribution >= 4 is 11.6 Å². The van der Waals surface area contributed by atoms with E-state index in [0.717, 1.165) is 16.8 Å². The smallest absolute Gasteiger partial charge is 0.241 e. The molecule has 2 aromatic carbocycles. The summed E-state index contributed by atoms with van der Waals surface area (Å²) in [6.45, 7) is 0.514. The lowest BCUT2D eigenvalue weighted by atomic mass is 10.1. The first-order chi connectivity index (χ1) is 10.2. The summed E-state index contributed by atoms with van der Waals surface area (Å²) in [4.78, 5) is 12.1. The topological polar surface area (TPSA) is 64.3 Å². The van der Waals surface area contributed by atoms with E-state index < -0.39 is 6.04 Å². The van der Waals surface area contributed by atoms with Gasteiger partial charge < -0.3 is 15.8 Å². The third kappa shape index (κ3) is 4.70. The maximum absolute atomic E-state index is 12.1. The van der Waals surface area contributed by atoms with Gasteiger partial charge in [0.25, 0.3) is 0 Å². The number of anilines is 1. The van der Waals surface area contributed by atoms with E-state index in [2.05, 4.69) is 5.32 Å². The average molecular weight is 284 g/mol. The molecule has 0 aromatic heterocycles. The quantitative estimate of drug-likeness (QED) is 0.855. The number of nitrogens with two attached hydrogens (primary N) is 1. The van der Waals surface area contributed by atoms with Crippen molar-refractivity contribution in [3.8, 4) is 0 Å². The molecule has 1 atom stereocenters. The third-order valence-electron chi connectivity index (χ3n) is 3.14. The minimum atomic E-state index is -0.571. The summed E-state index contributed by atoms with van der Waals surface area (Å²) < 4.78 is 5.08. The molecule has 0 radical (unpaired) electrons. The highest BCUT2D eigenvalue weighted by atomic mass is 16.5. The van der Waals surface area contributed by atoms with Crippen molar-refractivity contribution in [1.82, 2.24) is 0 Å². The fraction of sp³-hybridized carbons (Fsp3) is 0.235. The van der Waals surface area contributed by atoms with E-state index in [-0.39, 0.29) is 5.91 Å². The van der Waals surface area contributed by atoms with Crippen LogP contribution < -0.4 is 11.1 Å². The predicted molar refractivity (Wildman–Crippen MR) is 83.9 cm³/mol. The van der Waals surface area contributed by atoms with E-state index >= 15 is 0 Å². The first kappa shape index (κ1) is 15.2. The highest BCUT2D eigenvalue weighted by Crippen LogP contribution is 2.12. The Labute approximate surface area is 124 Å². The van der Waals surface area contributed by atoms with Crippen molar-refractivity contribution in [2.75, 3.05) is 12.4 Å². The Balaban J connectivity index is 1.95. The molecule has 0 bridgehead atoms. The molecule has 0 aliphatic carbocycles. The van der Waals surface area contributed by atoms with Crippen molar-refractivity contribution in [3.63, 3.8) is 0 Å². The molecule has 4 nitrogen and oxygen atoms in total. The molecule has 0 saturated heterocycles. The SMILES string of the molecule is COCc1cccc(NC(=O)[C@@H](N)Cc2ccccc2)c1. The average Bonchev–Trinajstić information content (AvgIpc) is 2.49. The molecule has 21 heavy (non-hydrogen) atoms. The summed E-state index contributed by atoms with van der Waals surface area (Å²) in [5.74, 6) is -0.187. The first-order valence-electron chi connectivity index (χ1n) is 6.87. The molecule has 0 heterocycles. The summed E-state index contributed by atoms with van der Waals surface area (Å²) in [5.41, 5.74) is 8.75. The van der Waals surface area contributed by atoms with Crippen molar-refractivity contribution in [2.24, 2.45) is 5.73 Å². The van der Waals surface area contributed by atoms with Crippen molar-refractivity contribution in [2.45, 2.75) is 19.1 Å². The van der Waals surface area contributed by atoms with E-state index in [1.165, 1.54) is 0 Å². The van der Waals surface area contributed by atoms with Crippen LogP contribution in [0.15, 0.2) is 54.6 Å². The van der Waals surface area contributed by atoms with Crippen molar-refractivity contribution < 1.29 is 9.53 Å². The molecule has 110 valence electrons. The molecule has 0 spiro atoms. The number of carbonyl (C=O) groups is 1. The molecule has 0 aliphatic rings. The van der Waals surface area contributed by atoms with Crippen LogP contribution in [0, 0.1) is 0 Å². The third-order valence-corrected chi connectivity index (χ3v) is 3.14. The lowest BCUT2D eigenvalue weighted by Crippen LogP contribution is -2.37. The lowest BCUT2D eigenvalue weighted by Gasteiger charge is -2.13. The van der Waals surface area contributed by atoms with Crippen LogP contribution in [0.25, 0.3) is 0 Å². The van der Waals surface area contributed by atoms with Gasteiger partial charge in [-0.05, 0) is 29.7 Å². The van der Waals surface area contributed by atoms with Crippen LogP contribution >= 0.6 is 0 Å². The zero-order valence-electron chi connectivity index (χ0n) is 12.1. The van der Waals surface area contributed by atoms with Crippen LogP contribution in [0.4, 0.5) is 5.69 Å². The molecule has 2 rings (SSSR count). The van der Waals surface area contributed by atoms with E-state index in [1.807, 2.05) is 54.6 Å². The van der Waals surface area contributed by atoms with Crippen molar-refractivity contribution in [3.05, 3.63) is 65.7 Å². The summed E-state index contributed by atoms with van der Waals surface area (Å²) in [7, 11) is 1.64. The maximum atomic E-state index is 12.1. The molecule has 4 heteroatoms. The van der Waals surface area contributed by atoms with Gasteiger partial charge in [-0.15, -0.1) is 0 Å². The largest absolute Gasteiger partial charge is 0.380 e. The van der Waals surface area contributed by atoms with Gasteiger partial charge in [0.2, 0.25) is 5.91 Å². The van der Waals surface area contributed by atoms with Gasteiger partial charge in [0.1, 0.15) is 0 Å². The van der Waals surface area contributed by atoms with Gasteiger partial charge in [-0.1, -0.05) is 42.5 Å². The van der Waals surface area contributed by atoms with Gasteiger partial charge in [-0.25, -0.2) is 0 Å². The van der Waals surface area contributed by atoms with Crippen LogP contribution in [0.2, 0.25) is 0 Å². The Bertz CT molecular complexity index is 584. The number of hydrogen-bond donors (Lipinski definition) is 2. The van der Waals surface area contributed by atoms with Crippen LogP contribution in [0.5, 0.6) is 0 Å². The van der Waals surface area contributed by atoms with Gasteiger partial charge in [-0.2, -0.15) is 0 Å². The van der Waals surface area contributed by atoms with Crippen LogP contribution in [0.3, 0.4) is 0 Å². The molecular weight excluding hydrogens is 264 g/mol. The first-order valence-corrected chi connectivity index (χ1v) is 6.87. The minimum absolute atomic E-state index is 0.187. The zero-order valence-corrected chi connectivity index (χ0v) is 12.1. The van der Waals surface area contributed by atoms with Crippen LogP contribution in [-0.2, 0) is 22.6 Å². The summed E-state index contributed by atoms with van der Waals surface area (Å²) in [5, 5.41) is 2.84. The van der Waals surface area contributed by atoms with Gasteiger partial charge >= 0.3 is 0 Å². The van der Waals surface area contributed by atoms with Gasteiger partial charge in [0.05, 0.1) is 12.6 Å². The van der Waals surface area contributed by atoms with Gasteiger partial charge in [0, 0.05) is 12.8 Å². The second kappa shape index (κ2) is 7.57. The number of ether oxygens (including phenoxy) is 1. The number of methoxy groups -OCH3 is 1. The molecule has 0 saturated carbocycles. The predicted octanol–water partition coefficient (Wildman–Crippen LogP) is 2.34. The van der Waals surface area contributed by atoms with E-state index in [4.69, 9.17) is 10.5 Å². The Morgan fingerprint density at radius 3 is 2.57 bits per heavy atom. The molecule has 1 amide bonds. The zero-order chi connectivity index (χ0) is 15.1. The Kier molecular flexibility index (Phi) is 5.49. The second-order valence-corrected chi connectivity index (χ2v) is 4.92. The number of nitrogens with one attached hydrogen (secondary N) is 1. The Morgan fingerprint density at radius 1 is 1.14 bits per heavy atom. The van der Waals surface area contributed by atoms with Crippen LogP contribution in [0.1, 0.15) is 11.1 Å². The number of rotatable bonds is 6. The number of carbonyl (C=O) groups excluding carboxylic acids is 1. The van der Waals surface area contributed by atoms with Crippen LogP contribution in [-0.4, -0.2) is 19.1 Å². The number of benzene rings is 2. The summed E-state index contributed by atoms with van der Waals surface area (Å²) in [6, 6.07) is 16.7. The maximum Gasteiger partial charge on any atom is 0.241 e. The molecular formula is C17H20N2O2. The number of amides is 1. The highest BCUT2D eigenvalue weighted by molar-refractivity contribution is 5.94. The fourth-order valence-electron chi connectivity index (χ4n) is 2.10. The van der Waals surface area contributed by atoms with E-state index in [9.17, 15) is 4.79 Å². The second-order valence-electron chi connectivity index (χ2n) is 4.92. The Hall–Kier alpha value is -2.17. The van der Waals surface area contributed by atoms with Gasteiger partial charge in [-0.3, -0.25) is 4.79 Å². The monoisotopic (exact) mass is 284 g/mol. The number of hydrogen-bond acceptors (Lipinski definition) is 3. The molecule has 3 N–H and O–H groups in total. The minimum Gasteiger partial charge on any atom is -0.380 e. The molecule has 0 unspecified atom stereocenters. The molecule has 0 aliphatic heterocycles. The summed E-state index contributed by atoms with van der Waals surface area (Å²) in [6.07, 6.45) is 0.518. The van der Waals surface area contributed by atoms with E-state index in [0.29, 0.717) is 13.0 Å². The standard InChI is InChI=1S/C17H20N2O2/c1-21-12-14-8-5-9-15(10-14)19-17(20)16(18)11-13-6-3-2-4-7-13/h2-10,16H,11-12,18H2,1H3,(H,19,20)/t16-/m0/s1. The van der Waals surface area contributed by atoms with E-state index in [1.54, 1.807) is 7.11 Å². The van der Waals surface area contributed by atoms with Crippen molar-refractivity contribution in [1.29, 1.82) is 0 Å². The summed E-state index contributed by atoms with van der Waals surface area (Å²) >= 11 is 0. The molecule has 0 fully saturated rings. The fourth-order valence-corrected chi connectivity index (χ4v) is 2.10. The highest BCUT2D eigenvalue weighted by Gasteiger charge is 2.14. The Morgan fingerprint density at radius 2 is 1.86 bits per heavy atom.